The zero-order valence-electron chi connectivity index (χ0n) is 16.0. The van der Waals surface area contributed by atoms with E-state index in [0.717, 1.165) is 0 Å². The Hall–Kier alpha value is -3.86. The van der Waals surface area contributed by atoms with Gasteiger partial charge in [-0.15, -0.1) is 0 Å². The number of imide groups is 1. The molecular weight excluding hydrogens is 440 g/mol. The maximum Gasteiger partial charge on any atom is 0.416 e. The molecule has 1 atom stereocenters. The van der Waals surface area contributed by atoms with Crippen LogP contribution in [0.25, 0.3) is 0 Å². The maximum atomic E-state index is 13.0. The van der Waals surface area contributed by atoms with E-state index in [2.05, 4.69) is 0 Å². The van der Waals surface area contributed by atoms with E-state index in [9.17, 15) is 35.9 Å². The first-order chi connectivity index (χ1) is 14.9. The quantitative estimate of drug-likeness (QED) is 0.657. The highest BCUT2D eigenvalue weighted by Crippen LogP contribution is 2.36. The van der Waals surface area contributed by atoms with Crippen molar-refractivity contribution in [2.24, 2.45) is 5.92 Å². The molecule has 2 rings (SSSR count). The number of nitriles is 2. The van der Waals surface area contributed by atoms with E-state index in [1.165, 1.54) is 12.1 Å². The summed E-state index contributed by atoms with van der Waals surface area (Å²) in [6.07, 6.45) is -10.9. The predicted octanol–water partition coefficient (Wildman–Crippen LogP) is 4.82. The number of hydrogen-bond donors (Lipinski definition) is 1. The highest BCUT2D eigenvalue weighted by Gasteiger charge is 2.37. The van der Waals surface area contributed by atoms with Gasteiger partial charge in [-0.3, -0.25) is 14.9 Å². The molecule has 0 unspecified atom stereocenters. The third kappa shape index (κ3) is 6.08. The normalized spacial score (nSPS) is 12.5. The summed E-state index contributed by atoms with van der Waals surface area (Å²) in [6, 6.07) is 11.5. The van der Waals surface area contributed by atoms with E-state index < -0.39 is 59.1 Å². The lowest BCUT2D eigenvalue weighted by Crippen LogP contribution is -2.33. The van der Waals surface area contributed by atoms with Crippen LogP contribution in [0.15, 0.2) is 48.5 Å². The summed E-state index contributed by atoms with van der Waals surface area (Å²) in [6.45, 7) is 0. The van der Waals surface area contributed by atoms with Crippen LogP contribution in [0.5, 0.6) is 0 Å². The second kappa shape index (κ2) is 9.52. The Morgan fingerprint density at radius 3 is 1.81 bits per heavy atom. The van der Waals surface area contributed by atoms with Crippen molar-refractivity contribution in [3.8, 4) is 12.1 Å². The van der Waals surface area contributed by atoms with Crippen molar-refractivity contribution in [3.05, 3.63) is 70.8 Å². The fourth-order valence-corrected chi connectivity index (χ4v) is 2.87. The first kappa shape index (κ1) is 24.4. The lowest BCUT2D eigenvalue weighted by Gasteiger charge is -2.18. The number of carbonyl (C=O) groups is 2. The maximum absolute atomic E-state index is 13.0. The molecule has 2 aromatic carbocycles. The molecule has 166 valence electrons. The van der Waals surface area contributed by atoms with Gasteiger partial charge < -0.3 is 0 Å². The number of rotatable bonds is 5. The van der Waals surface area contributed by atoms with Crippen molar-refractivity contribution in [2.75, 3.05) is 0 Å². The first-order valence-electron chi connectivity index (χ1n) is 8.84. The first-order valence-corrected chi connectivity index (χ1v) is 8.84. The van der Waals surface area contributed by atoms with Gasteiger partial charge >= 0.3 is 12.4 Å². The van der Waals surface area contributed by atoms with Gasteiger partial charge in [0.1, 0.15) is 5.92 Å². The molecule has 0 radical (unpaired) electrons. The summed E-state index contributed by atoms with van der Waals surface area (Å²) in [7, 11) is 0. The number of halogens is 6. The molecule has 0 fully saturated rings. The van der Waals surface area contributed by atoms with Crippen molar-refractivity contribution >= 4 is 11.8 Å². The summed E-state index contributed by atoms with van der Waals surface area (Å²) in [5, 5.41) is 20.0. The van der Waals surface area contributed by atoms with Gasteiger partial charge in [0.2, 0.25) is 5.91 Å². The second-order valence-electron chi connectivity index (χ2n) is 6.63. The van der Waals surface area contributed by atoms with Crippen molar-refractivity contribution in [3.63, 3.8) is 0 Å². The van der Waals surface area contributed by atoms with Crippen LogP contribution < -0.4 is 5.32 Å². The van der Waals surface area contributed by atoms with Gasteiger partial charge in [-0.25, -0.2) is 0 Å². The molecule has 5 nitrogen and oxygen atoms in total. The lowest BCUT2D eigenvalue weighted by atomic mass is 9.85. The molecule has 0 aliphatic rings. The minimum Gasteiger partial charge on any atom is -0.292 e. The van der Waals surface area contributed by atoms with E-state index >= 15 is 0 Å². The number of amides is 2. The standard InChI is InChI=1S/C21H13F6N3O2/c22-20(23,24)15-6-13(7-16(8-15)21(25,26)27)19(32)30-18(31)9-17(14(10-28)11-29)12-4-2-1-3-5-12/h1-8,14,17H,9H2,(H,30,31,32)/t17-/m0/s1. The summed E-state index contributed by atoms with van der Waals surface area (Å²) in [4.78, 5) is 24.6. The van der Waals surface area contributed by atoms with Crippen LogP contribution in [0.3, 0.4) is 0 Å². The van der Waals surface area contributed by atoms with Gasteiger partial charge in [0.25, 0.3) is 5.91 Å². The molecule has 0 heterocycles. The molecule has 0 spiro atoms. The van der Waals surface area contributed by atoms with Crippen LogP contribution in [0.4, 0.5) is 26.3 Å². The topological polar surface area (TPSA) is 93.8 Å². The Morgan fingerprint density at radius 2 is 1.38 bits per heavy atom. The molecule has 0 saturated heterocycles. The molecule has 11 heteroatoms. The molecule has 0 aliphatic carbocycles. The van der Waals surface area contributed by atoms with Gasteiger partial charge in [0, 0.05) is 17.9 Å². The fraction of sp³-hybridized carbons (Fsp3) is 0.238. The number of benzene rings is 2. The SMILES string of the molecule is N#CC(C#N)[C@@H](CC(=O)NC(=O)c1cc(C(F)(F)F)cc(C(F)(F)F)c1)c1ccccc1. The Balaban J connectivity index is 2.31. The van der Waals surface area contributed by atoms with Gasteiger partial charge in [0.05, 0.1) is 23.3 Å². The van der Waals surface area contributed by atoms with E-state index in [-0.39, 0.29) is 18.2 Å². The van der Waals surface area contributed by atoms with E-state index in [1.54, 1.807) is 35.7 Å². The van der Waals surface area contributed by atoms with Gasteiger partial charge in [-0.1, -0.05) is 30.3 Å². The van der Waals surface area contributed by atoms with Crippen LogP contribution in [0, 0.1) is 28.6 Å². The highest BCUT2D eigenvalue weighted by molar-refractivity contribution is 6.05. The molecule has 0 bridgehead atoms. The van der Waals surface area contributed by atoms with Crippen LogP contribution in [0.2, 0.25) is 0 Å². The molecule has 1 N–H and O–H groups in total. The highest BCUT2D eigenvalue weighted by atomic mass is 19.4. The molecule has 32 heavy (non-hydrogen) atoms. The Bertz CT molecular complexity index is 1040. The molecule has 2 aromatic rings. The van der Waals surface area contributed by atoms with Crippen molar-refractivity contribution < 1.29 is 35.9 Å². The third-order valence-electron chi connectivity index (χ3n) is 4.42. The molecular formula is C21H13F6N3O2. The second-order valence-corrected chi connectivity index (χ2v) is 6.63. The summed E-state index contributed by atoms with van der Waals surface area (Å²) in [5.41, 5.74) is -4.02. The van der Waals surface area contributed by atoms with Crippen molar-refractivity contribution in [1.82, 2.24) is 5.32 Å². The summed E-state index contributed by atoms with van der Waals surface area (Å²) in [5.74, 6) is -4.83. The smallest absolute Gasteiger partial charge is 0.292 e. The zero-order valence-corrected chi connectivity index (χ0v) is 16.0. The summed E-state index contributed by atoms with van der Waals surface area (Å²) >= 11 is 0. The zero-order chi connectivity index (χ0) is 24.1. The average molecular weight is 453 g/mol. The third-order valence-corrected chi connectivity index (χ3v) is 4.42. The van der Waals surface area contributed by atoms with E-state index in [1.807, 2.05) is 0 Å². The molecule has 2 amide bonds. The van der Waals surface area contributed by atoms with Crippen molar-refractivity contribution in [2.45, 2.75) is 24.7 Å². The molecule has 0 aliphatic heterocycles. The molecule has 0 aromatic heterocycles. The largest absolute Gasteiger partial charge is 0.416 e. The number of hydrogen-bond acceptors (Lipinski definition) is 4. The van der Waals surface area contributed by atoms with E-state index in [0.29, 0.717) is 5.56 Å². The number of nitrogens with zero attached hydrogens (tertiary/aromatic N) is 2. The average Bonchev–Trinajstić information content (AvgIpc) is 2.72. The van der Waals surface area contributed by atoms with Gasteiger partial charge in [-0.2, -0.15) is 36.9 Å². The van der Waals surface area contributed by atoms with Gasteiger partial charge in [0.15, 0.2) is 0 Å². The van der Waals surface area contributed by atoms with E-state index in [4.69, 9.17) is 10.5 Å². The minimum atomic E-state index is -5.16. The van der Waals surface area contributed by atoms with Crippen LogP contribution in [-0.4, -0.2) is 11.8 Å². The number of carbonyl (C=O) groups excluding carboxylic acids is 2. The van der Waals surface area contributed by atoms with Crippen LogP contribution in [-0.2, 0) is 17.1 Å². The number of nitrogens with one attached hydrogen (secondary N) is 1. The van der Waals surface area contributed by atoms with Crippen LogP contribution in [0.1, 0.15) is 39.4 Å². The molecule has 0 saturated carbocycles. The summed E-state index contributed by atoms with van der Waals surface area (Å²) < 4.78 is 77.8. The fourth-order valence-electron chi connectivity index (χ4n) is 2.87. The van der Waals surface area contributed by atoms with Crippen LogP contribution >= 0.6 is 0 Å². The monoisotopic (exact) mass is 453 g/mol. The lowest BCUT2D eigenvalue weighted by molar-refractivity contribution is -0.143. The number of alkyl halides is 6. The Morgan fingerprint density at radius 1 is 0.875 bits per heavy atom. The Kier molecular flexibility index (Phi) is 7.26. The predicted molar refractivity (Wildman–Crippen MR) is 97.4 cm³/mol. The Labute approximate surface area is 177 Å². The minimum absolute atomic E-state index is 0.144. The van der Waals surface area contributed by atoms with Gasteiger partial charge in [-0.05, 0) is 23.8 Å². The van der Waals surface area contributed by atoms with Crippen molar-refractivity contribution in [1.29, 1.82) is 10.5 Å².